The number of amidine groups is 1. The van der Waals surface area contributed by atoms with Gasteiger partial charge < -0.3 is 15.7 Å². The highest BCUT2D eigenvalue weighted by Gasteiger charge is 2.05. The summed E-state index contributed by atoms with van der Waals surface area (Å²) >= 11 is 1.65. The van der Waals surface area contributed by atoms with Crippen LogP contribution in [0.4, 0.5) is 0 Å². The quantitative estimate of drug-likeness (QED) is 0.392. The van der Waals surface area contributed by atoms with Crippen molar-refractivity contribution in [1.82, 2.24) is 0 Å². The fourth-order valence-corrected chi connectivity index (χ4v) is 2.74. The summed E-state index contributed by atoms with van der Waals surface area (Å²) in [5, 5.41) is 11.7. The first-order valence-electron chi connectivity index (χ1n) is 6.04. The first-order valence-corrected chi connectivity index (χ1v) is 6.86. The number of oxime groups is 1. The van der Waals surface area contributed by atoms with Gasteiger partial charge in [0.1, 0.15) is 5.75 Å². The van der Waals surface area contributed by atoms with Crippen molar-refractivity contribution in [1.29, 1.82) is 0 Å². The molecule has 0 aliphatic carbocycles. The largest absolute Gasteiger partial charge is 0.497 e. The van der Waals surface area contributed by atoms with Crippen LogP contribution in [0.2, 0.25) is 0 Å². The van der Waals surface area contributed by atoms with Crippen LogP contribution >= 0.6 is 11.8 Å². The van der Waals surface area contributed by atoms with Crippen molar-refractivity contribution < 1.29 is 9.94 Å². The van der Waals surface area contributed by atoms with Gasteiger partial charge in [0, 0.05) is 15.4 Å². The number of methoxy groups -OCH3 is 1. The van der Waals surface area contributed by atoms with Crippen LogP contribution in [0.25, 0.3) is 0 Å². The van der Waals surface area contributed by atoms with E-state index in [0.717, 1.165) is 26.7 Å². The minimum Gasteiger partial charge on any atom is -0.497 e. The molecule has 0 spiro atoms. The molecule has 0 radical (unpaired) electrons. The van der Waals surface area contributed by atoms with Gasteiger partial charge >= 0.3 is 0 Å². The van der Waals surface area contributed by atoms with E-state index in [-0.39, 0.29) is 5.84 Å². The van der Waals surface area contributed by atoms with Gasteiger partial charge in [0.25, 0.3) is 0 Å². The third kappa shape index (κ3) is 3.24. The van der Waals surface area contributed by atoms with Crippen LogP contribution in [0.15, 0.2) is 57.4 Å². The summed E-state index contributed by atoms with van der Waals surface area (Å²) < 4.78 is 5.13. The lowest BCUT2D eigenvalue weighted by Crippen LogP contribution is -2.14. The minimum atomic E-state index is 0.128. The molecule has 0 unspecified atom stereocenters. The number of ether oxygens (including phenoxy) is 1. The van der Waals surface area contributed by atoms with Gasteiger partial charge in [-0.25, -0.2) is 0 Å². The predicted octanol–water partition coefficient (Wildman–Crippen LogP) is 3.25. The third-order valence-electron chi connectivity index (χ3n) is 2.88. The molecule has 0 saturated heterocycles. The third-order valence-corrected chi connectivity index (χ3v) is 3.87. The van der Waals surface area contributed by atoms with E-state index < -0.39 is 0 Å². The van der Waals surface area contributed by atoms with Crippen molar-refractivity contribution in [2.24, 2.45) is 10.9 Å². The Morgan fingerprint density at radius 2 is 1.80 bits per heavy atom. The molecular weight excluding hydrogens is 272 g/mol. The number of aryl methyl sites for hydroxylation is 1. The summed E-state index contributed by atoms with van der Waals surface area (Å²) in [5.41, 5.74) is 7.32. The number of rotatable bonds is 4. The lowest BCUT2D eigenvalue weighted by molar-refractivity contribution is 0.318. The molecule has 0 aliphatic heterocycles. The van der Waals surface area contributed by atoms with Gasteiger partial charge in [0.15, 0.2) is 5.84 Å². The van der Waals surface area contributed by atoms with Gasteiger partial charge in [-0.05, 0) is 55.0 Å². The highest BCUT2D eigenvalue weighted by molar-refractivity contribution is 7.99. The highest BCUT2D eigenvalue weighted by Crippen LogP contribution is 2.30. The number of benzene rings is 2. The molecule has 4 nitrogen and oxygen atoms in total. The summed E-state index contributed by atoms with van der Waals surface area (Å²) in [5.74, 6) is 0.969. The Kier molecular flexibility index (Phi) is 4.53. The van der Waals surface area contributed by atoms with E-state index in [0.29, 0.717) is 0 Å². The lowest BCUT2D eigenvalue weighted by atomic mass is 10.1. The summed E-state index contributed by atoms with van der Waals surface area (Å²) in [6.07, 6.45) is 0. The summed E-state index contributed by atoms with van der Waals surface area (Å²) in [6.45, 7) is 1.94. The first kappa shape index (κ1) is 14.3. The molecule has 0 bridgehead atoms. The number of nitrogens with zero attached hydrogens (tertiary/aromatic N) is 1. The molecule has 0 heterocycles. The van der Waals surface area contributed by atoms with E-state index in [1.165, 1.54) is 0 Å². The van der Waals surface area contributed by atoms with Crippen molar-refractivity contribution >= 4 is 17.6 Å². The molecule has 20 heavy (non-hydrogen) atoms. The molecule has 104 valence electrons. The van der Waals surface area contributed by atoms with Crippen LogP contribution in [0.3, 0.4) is 0 Å². The Balaban J connectivity index is 2.19. The van der Waals surface area contributed by atoms with Crippen LogP contribution in [-0.2, 0) is 0 Å². The van der Waals surface area contributed by atoms with Crippen molar-refractivity contribution in [3.05, 3.63) is 53.6 Å². The zero-order valence-electron chi connectivity index (χ0n) is 11.3. The number of nitrogens with two attached hydrogens (primary N) is 1. The SMILES string of the molecule is COc1ccc(Sc2ccc(/C(N)=N/O)c(C)c2)cc1. The van der Waals surface area contributed by atoms with Crippen LogP contribution in [0.5, 0.6) is 5.75 Å². The Morgan fingerprint density at radius 3 is 2.35 bits per heavy atom. The van der Waals surface area contributed by atoms with Gasteiger partial charge in [0.05, 0.1) is 7.11 Å². The van der Waals surface area contributed by atoms with Crippen molar-refractivity contribution in [2.45, 2.75) is 16.7 Å². The Labute approximate surface area is 122 Å². The molecule has 0 saturated carbocycles. The highest BCUT2D eigenvalue weighted by atomic mass is 32.2. The summed E-state index contributed by atoms with van der Waals surface area (Å²) in [4.78, 5) is 2.23. The van der Waals surface area contributed by atoms with Crippen LogP contribution < -0.4 is 10.5 Å². The van der Waals surface area contributed by atoms with Gasteiger partial charge in [0.2, 0.25) is 0 Å². The van der Waals surface area contributed by atoms with Crippen molar-refractivity contribution in [2.75, 3.05) is 7.11 Å². The molecule has 0 amide bonds. The van der Waals surface area contributed by atoms with Gasteiger partial charge in [-0.1, -0.05) is 16.9 Å². The van der Waals surface area contributed by atoms with Gasteiger partial charge in [-0.2, -0.15) is 0 Å². The van der Waals surface area contributed by atoms with Gasteiger partial charge in [-0.3, -0.25) is 0 Å². The second-order valence-electron chi connectivity index (χ2n) is 4.24. The molecule has 5 heteroatoms. The van der Waals surface area contributed by atoms with E-state index >= 15 is 0 Å². The Hall–Kier alpha value is -2.14. The zero-order chi connectivity index (χ0) is 14.5. The second kappa shape index (κ2) is 6.34. The molecule has 2 aromatic rings. The predicted molar refractivity (Wildman–Crippen MR) is 80.8 cm³/mol. The van der Waals surface area contributed by atoms with Crippen LogP contribution in [-0.4, -0.2) is 18.2 Å². The topological polar surface area (TPSA) is 67.8 Å². The number of hydrogen-bond acceptors (Lipinski definition) is 4. The minimum absolute atomic E-state index is 0.128. The maximum Gasteiger partial charge on any atom is 0.170 e. The van der Waals surface area contributed by atoms with Crippen molar-refractivity contribution in [3.8, 4) is 5.75 Å². The molecule has 0 atom stereocenters. The molecule has 2 rings (SSSR count). The summed E-state index contributed by atoms with van der Waals surface area (Å²) in [6, 6.07) is 13.7. The standard InChI is InChI=1S/C15H16N2O2S/c1-10-9-13(7-8-14(10)15(16)17-18)20-12-5-3-11(19-2)4-6-12/h3-9,18H,1-2H3,(H2,16,17). The van der Waals surface area contributed by atoms with Crippen molar-refractivity contribution in [3.63, 3.8) is 0 Å². The van der Waals surface area contributed by atoms with E-state index in [1.54, 1.807) is 18.9 Å². The second-order valence-corrected chi connectivity index (χ2v) is 5.39. The smallest absolute Gasteiger partial charge is 0.170 e. The lowest BCUT2D eigenvalue weighted by Gasteiger charge is -2.07. The average Bonchev–Trinajstić information content (AvgIpc) is 2.47. The van der Waals surface area contributed by atoms with E-state index in [4.69, 9.17) is 15.7 Å². The summed E-state index contributed by atoms with van der Waals surface area (Å²) in [7, 11) is 1.65. The molecule has 0 aliphatic rings. The Morgan fingerprint density at radius 1 is 1.15 bits per heavy atom. The molecule has 0 aromatic heterocycles. The first-order chi connectivity index (χ1) is 9.63. The van der Waals surface area contributed by atoms with Gasteiger partial charge in [-0.15, -0.1) is 0 Å². The maximum atomic E-state index is 8.71. The molecule has 2 aromatic carbocycles. The molecule has 0 fully saturated rings. The maximum absolute atomic E-state index is 8.71. The fourth-order valence-electron chi connectivity index (χ4n) is 1.82. The molecule has 3 N–H and O–H groups in total. The molecular formula is C15H16N2O2S. The monoisotopic (exact) mass is 288 g/mol. The van der Waals surface area contributed by atoms with Crippen LogP contribution in [0.1, 0.15) is 11.1 Å². The Bertz CT molecular complexity index is 624. The average molecular weight is 288 g/mol. The number of hydrogen-bond donors (Lipinski definition) is 2. The van der Waals surface area contributed by atoms with E-state index in [1.807, 2.05) is 49.4 Å². The van der Waals surface area contributed by atoms with E-state index in [2.05, 4.69) is 5.16 Å². The normalized spacial score (nSPS) is 11.4. The zero-order valence-corrected chi connectivity index (χ0v) is 12.1. The van der Waals surface area contributed by atoms with E-state index in [9.17, 15) is 0 Å². The van der Waals surface area contributed by atoms with Crippen LogP contribution in [0, 0.1) is 6.92 Å². The fraction of sp³-hybridized carbons (Fsp3) is 0.133.